The quantitative estimate of drug-likeness (QED) is 0.546. The lowest BCUT2D eigenvalue weighted by atomic mass is 10.1. The number of aryl methyl sites for hydroxylation is 2. The highest BCUT2D eigenvalue weighted by molar-refractivity contribution is 8.18. The summed E-state index contributed by atoms with van der Waals surface area (Å²) in [6.45, 7) is 4.02. The summed E-state index contributed by atoms with van der Waals surface area (Å²) in [7, 11) is 0. The van der Waals surface area contributed by atoms with Crippen molar-refractivity contribution in [3.05, 3.63) is 93.8 Å². The normalized spacial score (nSPS) is 16.5. The highest BCUT2D eigenvalue weighted by Gasteiger charge is 2.33. The number of amidine groups is 1. The van der Waals surface area contributed by atoms with Gasteiger partial charge in [-0.15, -0.1) is 0 Å². The first kappa shape index (κ1) is 20.7. The van der Waals surface area contributed by atoms with Gasteiger partial charge in [0, 0.05) is 5.56 Å². The van der Waals surface area contributed by atoms with Gasteiger partial charge in [0.05, 0.1) is 22.7 Å². The van der Waals surface area contributed by atoms with Gasteiger partial charge in [-0.25, -0.2) is 9.79 Å². The van der Waals surface area contributed by atoms with Crippen LogP contribution in [0.25, 0.3) is 6.08 Å². The number of amides is 1. The molecule has 2 heterocycles. The molecule has 0 saturated carbocycles. The predicted molar refractivity (Wildman–Crippen MR) is 121 cm³/mol. The Morgan fingerprint density at radius 2 is 1.84 bits per heavy atom. The number of carbonyl (C=O) groups excluding carboxylic acids is 1. The van der Waals surface area contributed by atoms with E-state index in [1.165, 1.54) is 23.9 Å². The molecule has 1 amide bonds. The minimum Gasteiger partial charge on any atom is -0.478 e. The maximum atomic E-state index is 13.2. The molecule has 1 aromatic heterocycles. The van der Waals surface area contributed by atoms with Crippen molar-refractivity contribution in [1.29, 1.82) is 0 Å². The molecule has 1 fully saturated rings. The Kier molecular flexibility index (Phi) is 5.77. The van der Waals surface area contributed by atoms with Crippen LogP contribution in [-0.2, 0) is 11.3 Å². The first-order chi connectivity index (χ1) is 14.9. The molecular formula is C24H20N2O4S. The number of furan rings is 1. The molecule has 2 aromatic carbocycles. The van der Waals surface area contributed by atoms with Gasteiger partial charge in [-0.05, 0) is 67.6 Å². The topological polar surface area (TPSA) is 83.1 Å². The van der Waals surface area contributed by atoms with Gasteiger partial charge in [-0.2, -0.15) is 0 Å². The van der Waals surface area contributed by atoms with Crippen molar-refractivity contribution in [2.45, 2.75) is 20.4 Å². The first-order valence-corrected chi connectivity index (χ1v) is 10.5. The lowest BCUT2D eigenvalue weighted by Gasteiger charge is -2.16. The number of carboxylic acids is 1. The van der Waals surface area contributed by atoms with Crippen LogP contribution >= 0.6 is 11.8 Å². The number of aliphatic imine (C=N–C) groups is 1. The summed E-state index contributed by atoms with van der Waals surface area (Å²) in [5.41, 5.74) is 2.63. The molecule has 0 spiro atoms. The van der Waals surface area contributed by atoms with E-state index in [2.05, 4.69) is 4.99 Å². The van der Waals surface area contributed by atoms with Crippen molar-refractivity contribution in [2.75, 3.05) is 0 Å². The highest BCUT2D eigenvalue weighted by atomic mass is 32.2. The number of thioether (sulfide) groups is 1. The van der Waals surface area contributed by atoms with Crippen LogP contribution in [-0.4, -0.2) is 27.1 Å². The molecule has 1 saturated heterocycles. The molecule has 156 valence electrons. The summed E-state index contributed by atoms with van der Waals surface area (Å²) in [5, 5.41) is 9.68. The van der Waals surface area contributed by atoms with E-state index in [0.29, 0.717) is 10.1 Å². The van der Waals surface area contributed by atoms with Crippen molar-refractivity contribution >= 4 is 40.6 Å². The number of para-hydroxylation sites is 1. The van der Waals surface area contributed by atoms with E-state index >= 15 is 0 Å². The average Bonchev–Trinajstić information content (AvgIpc) is 3.22. The fourth-order valence-corrected chi connectivity index (χ4v) is 4.20. The lowest BCUT2D eigenvalue weighted by Crippen LogP contribution is -2.28. The van der Waals surface area contributed by atoms with Gasteiger partial charge in [-0.1, -0.05) is 30.3 Å². The second-order valence-corrected chi connectivity index (χ2v) is 8.11. The Labute approximate surface area is 183 Å². The van der Waals surface area contributed by atoms with Crippen molar-refractivity contribution in [3.8, 4) is 0 Å². The van der Waals surface area contributed by atoms with Crippen molar-refractivity contribution in [2.24, 2.45) is 4.99 Å². The second kappa shape index (κ2) is 8.65. The lowest BCUT2D eigenvalue weighted by molar-refractivity contribution is -0.122. The molecule has 1 aliphatic rings. The summed E-state index contributed by atoms with van der Waals surface area (Å²) < 4.78 is 5.58. The number of hydrogen-bond donors (Lipinski definition) is 1. The number of aromatic carboxylic acids is 1. The zero-order chi connectivity index (χ0) is 22.0. The number of nitrogens with zero attached hydrogens (tertiary/aromatic N) is 2. The van der Waals surface area contributed by atoms with Gasteiger partial charge in [0.15, 0.2) is 5.17 Å². The van der Waals surface area contributed by atoms with Crippen LogP contribution in [0.15, 0.2) is 75.0 Å². The molecule has 0 atom stereocenters. The maximum absolute atomic E-state index is 13.2. The molecule has 1 N–H and O–H groups in total. The van der Waals surface area contributed by atoms with Crippen LogP contribution in [0.4, 0.5) is 5.69 Å². The summed E-state index contributed by atoms with van der Waals surface area (Å²) in [6, 6.07) is 17.9. The van der Waals surface area contributed by atoms with Gasteiger partial charge < -0.3 is 9.52 Å². The molecule has 0 bridgehead atoms. The third kappa shape index (κ3) is 4.62. The maximum Gasteiger partial charge on any atom is 0.335 e. The molecule has 3 aromatic rings. The van der Waals surface area contributed by atoms with Crippen molar-refractivity contribution in [1.82, 2.24) is 4.90 Å². The number of benzene rings is 2. The summed E-state index contributed by atoms with van der Waals surface area (Å²) >= 11 is 1.31. The smallest absolute Gasteiger partial charge is 0.335 e. The van der Waals surface area contributed by atoms with Crippen LogP contribution in [0, 0.1) is 13.8 Å². The molecule has 6 nitrogen and oxygen atoms in total. The van der Waals surface area contributed by atoms with Gasteiger partial charge >= 0.3 is 5.97 Å². The van der Waals surface area contributed by atoms with E-state index in [1.54, 1.807) is 17.0 Å². The fraction of sp³-hybridized carbons (Fsp3) is 0.125. The SMILES string of the molecule is Cc1cc(/C=C2\SC(=Nc3ccccc3)N(Cc3ccc(C(=O)O)cc3)C2=O)c(C)o1. The number of hydrogen-bond acceptors (Lipinski definition) is 5. The van der Waals surface area contributed by atoms with Gasteiger partial charge in [0.25, 0.3) is 5.91 Å². The summed E-state index contributed by atoms with van der Waals surface area (Å²) in [6.07, 6.45) is 1.83. The number of carboxylic acid groups (broad SMARTS) is 1. The van der Waals surface area contributed by atoms with Crippen LogP contribution in [0.1, 0.15) is 33.0 Å². The summed E-state index contributed by atoms with van der Waals surface area (Å²) in [4.78, 5) is 31.2. The number of rotatable bonds is 5. The van der Waals surface area contributed by atoms with Crippen LogP contribution in [0.5, 0.6) is 0 Å². The van der Waals surface area contributed by atoms with E-state index in [-0.39, 0.29) is 18.0 Å². The van der Waals surface area contributed by atoms with Gasteiger partial charge in [0.1, 0.15) is 11.5 Å². The van der Waals surface area contributed by atoms with Crippen LogP contribution in [0.2, 0.25) is 0 Å². The Hall–Kier alpha value is -3.58. The predicted octanol–water partition coefficient (Wildman–Crippen LogP) is 5.40. The standard InChI is InChI=1S/C24H20N2O4S/c1-15-12-19(16(2)30-15)13-21-22(27)26(14-17-8-10-18(11-9-17)23(28)29)24(31-21)25-20-6-4-3-5-7-20/h3-13H,14H2,1-2H3,(H,28,29)/b21-13-,25-24?. The van der Waals surface area contributed by atoms with E-state index in [1.807, 2.05) is 56.3 Å². The highest BCUT2D eigenvalue weighted by Crippen LogP contribution is 2.36. The molecule has 0 unspecified atom stereocenters. The fourth-order valence-electron chi connectivity index (χ4n) is 3.21. The largest absolute Gasteiger partial charge is 0.478 e. The zero-order valence-corrected chi connectivity index (χ0v) is 17.8. The van der Waals surface area contributed by atoms with Gasteiger partial charge in [-0.3, -0.25) is 9.69 Å². The van der Waals surface area contributed by atoms with E-state index < -0.39 is 5.97 Å². The van der Waals surface area contributed by atoms with Crippen molar-refractivity contribution in [3.63, 3.8) is 0 Å². The molecule has 4 rings (SSSR count). The Bertz CT molecular complexity index is 1190. The zero-order valence-electron chi connectivity index (χ0n) is 17.0. The number of carbonyl (C=O) groups is 2. The monoisotopic (exact) mass is 432 g/mol. The molecular weight excluding hydrogens is 412 g/mol. The Morgan fingerprint density at radius 1 is 1.13 bits per heavy atom. The first-order valence-electron chi connectivity index (χ1n) is 9.65. The third-order valence-electron chi connectivity index (χ3n) is 4.78. The van der Waals surface area contributed by atoms with E-state index in [0.717, 1.165) is 28.3 Å². The minimum atomic E-state index is -0.985. The van der Waals surface area contributed by atoms with E-state index in [9.17, 15) is 9.59 Å². The minimum absolute atomic E-state index is 0.153. The summed E-state index contributed by atoms with van der Waals surface area (Å²) in [5.74, 6) is 0.401. The molecule has 31 heavy (non-hydrogen) atoms. The third-order valence-corrected chi connectivity index (χ3v) is 5.78. The van der Waals surface area contributed by atoms with Crippen LogP contribution < -0.4 is 0 Å². The average molecular weight is 433 g/mol. The molecule has 1 aliphatic heterocycles. The molecule has 0 aliphatic carbocycles. The second-order valence-electron chi connectivity index (χ2n) is 7.10. The molecule has 0 radical (unpaired) electrons. The Balaban J connectivity index is 1.68. The Morgan fingerprint density at radius 3 is 2.45 bits per heavy atom. The van der Waals surface area contributed by atoms with E-state index in [4.69, 9.17) is 9.52 Å². The van der Waals surface area contributed by atoms with Crippen molar-refractivity contribution < 1.29 is 19.1 Å². The molecule has 7 heteroatoms. The van der Waals surface area contributed by atoms with Gasteiger partial charge in [0.2, 0.25) is 0 Å². The van der Waals surface area contributed by atoms with Crippen LogP contribution in [0.3, 0.4) is 0 Å².